The third-order valence-electron chi connectivity index (χ3n) is 3.47. The van der Waals surface area contributed by atoms with E-state index in [-0.39, 0.29) is 11.5 Å². The molecule has 0 atom stereocenters. The number of amides is 3. The molecule has 114 valence electrons. The van der Waals surface area contributed by atoms with Gasteiger partial charge in [0.25, 0.3) is 0 Å². The molecule has 3 amide bonds. The summed E-state index contributed by atoms with van der Waals surface area (Å²) in [5.74, 6) is 0.232. The molecule has 1 aliphatic rings. The molecule has 0 aliphatic heterocycles. The Kier molecular flexibility index (Phi) is 5.35. The molecule has 0 unspecified atom stereocenters. The van der Waals surface area contributed by atoms with Crippen molar-refractivity contribution in [3.05, 3.63) is 0 Å². The van der Waals surface area contributed by atoms with E-state index in [1.807, 2.05) is 6.92 Å². The zero-order valence-corrected chi connectivity index (χ0v) is 12.9. The molecule has 7 heteroatoms. The van der Waals surface area contributed by atoms with Crippen LogP contribution < -0.4 is 5.32 Å². The van der Waals surface area contributed by atoms with Crippen LogP contribution in [0.5, 0.6) is 0 Å². The van der Waals surface area contributed by atoms with E-state index in [1.165, 1.54) is 19.1 Å². The van der Waals surface area contributed by atoms with E-state index in [4.69, 9.17) is 0 Å². The summed E-state index contributed by atoms with van der Waals surface area (Å²) in [5, 5.41) is 2.92. The van der Waals surface area contributed by atoms with Gasteiger partial charge in [-0.25, -0.2) is 9.59 Å². The number of urea groups is 1. The number of rotatable bonds is 1. The van der Waals surface area contributed by atoms with Gasteiger partial charge in [0.1, 0.15) is 0 Å². The molecule has 0 heterocycles. The lowest BCUT2D eigenvalue weighted by Gasteiger charge is -2.26. The molecule has 0 saturated heterocycles. The van der Waals surface area contributed by atoms with Gasteiger partial charge in [0.15, 0.2) is 0 Å². The molecule has 0 spiro atoms. The van der Waals surface area contributed by atoms with E-state index < -0.39 is 12.1 Å². The van der Waals surface area contributed by atoms with Crippen LogP contribution >= 0.6 is 0 Å². The van der Waals surface area contributed by atoms with Gasteiger partial charge in [0.2, 0.25) is 5.96 Å². The fraction of sp³-hybridized carbons (Fsp3) is 0.769. The molecule has 0 aromatic carbocycles. The van der Waals surface area contributed by atoms with Crippen LogP contribution in [0, 0.1) is 0 Å². The standard InChI is InChI=1S/C13H24N4O3/c1-13(8-6-7-9-13)15-10(18)14-11(16(2)3)17(4)12(19)20-5/h6-9H2,1-5H3,(H,15,18)/b14-11+. The minimum Gasteiger partial charge on any atom is -0.452 e. The van der Waals surface area contributed by atoms with E-state index >= 15 is 0 Å². The number of nitrogens with one attached hydrogen (secondary N) is 1. The quantitative estimate of drug-likeness (QED) is 0.587. The van der Waals surface area contributed by atoms with Crippen LogP contribution in [0.1, 0.15) is 32.6 Å². The van der Waals surface area contributed by atoms with Crippen molar-refractivity contribution in [2.45, 2.75) is 38.1 Å². The number of nitrogens with zero attached hydrogens (tertiary/aromatic N) is 3. The normalized spacial score (nSPS) is 17.6. The molecule has 7 nitrogen and oxygen atoms in total. The summed E-state index contributed by atoms with van der Waals surface area (Å²) in [6.45, 7) is 2.02. The summed E-state index contributed by atoms with van der Waals surface area (Å²) in [6.07, 6.45) is 3.57. The summed E-state index contributed by atoms with van der Waals surface area (Å²) in [5.41, 5.74) is -0.193. The third kappa shape index (κ3) is 4.11. The molecule has 20 heavy (non-hydrogen) atoms. The average Bonchev–Trinajstić information content (AvgIpc) is 2.80. The largest absolute Gasteiger partial charge is 0.452 e. The molecule has 1 N–H and O–H groups in total. The molecule has 0 bridgehead atoms. The van der Waals surface area contributed by atoms with Crippen molar-refractivity contribution in [3.63, 3.8) is 0 Å². The zero-order valence-electron chi connectivity index (χ0n) is 12.9. The lowest BCUT2D eigenvalue weighted by molar-refractivity contribution is 0.149. The number of guanidine groups is 1. The van der Waals surface area contributed by atoms with Gasteiger partial charge in [0.05, 0.1) is 7.11 Å². The van der Waals surface area contributed by atoms with E-state index in [2.05, 4.69) is 15.0 Å². The monoisotopic (exact) mass is 284 g/mol. The molecule has 1 aliphatic carbocycles. The molecule has 0 aromatic heterocycles. The highest BCUT2D eigenvalue weighted by Crippen LogP contribution is 2.28. The third-order valence-corrected chi connectivity index (χ3v) is 3.47. The molecule has 1 saturated carbocycles. The Morgan fingerprint density at radius 2 is 1.75 bits per heavy atom. The maximum atomic E-state index is 12.0. The van der Waals surface area contributed by atoms with E-state index in [0.717, 1.165) is 25.7 Å². The van der Waals surface area contributed by atoms with Crippen LogP contribution in [0.3, 0.4) is 0 Å². The number of ether oxygens (including phenoxy) is 1. The van der Waals surface area contributed by atoms with Crippen molar-refractivity contribution in [1.29, 1.82) is 0 Å². The molecule has 0 aromatic rings. The van der Waals surface area contributed by atoms with Gasteiger partial charge in [0, 0.05) is 26.7 Å². The average molecular weight is 284 g/mol. The van der Waals surface area contributed by atoms with Crippen molar-refractivity contribution in [1.82, 2.24) is 15.1 Å². The first-order valence-corrected chi connectivity index (χ1v) is 6.69. The van der Waals surface area contributed by atoms with Gasteiger partial charge in [-0.05, 0) is 19.8 Å². The van der Waals surface area contributed by atoms with Gasteiger partial charge in [-0.1, -0.05) is 12.8 Å². The predicted molar refractivity (Wildman–Crippen MR) is 76.7 cm³/mol. The van der Waals surface area contributed by atoms with Crippen molar-refractivity contribution >= 4 is 18.1 Å². The van der Waals surface area contributed by atoms with Crippen molar-refractivity contribution in [2.24, 2.45) is 4.99 Å². The summed E-state index contributed by atoms with van der Waals surface area (Å²) in [7, 11) is 6.21. The number of hydrogen-bond donors (Lipinski definition) is 1. The van der Waals surface area contributed by atoms with Crippen LogP contribution in [-0.4, -0.2) is 61.7 Å². The number of carbonyl (C=O) groups is 2. The fourth-order valence-corrected chi connectivity index (χ4v) is 2.35. The molecule has 1 rings (SSSR count). The molecular weight excluding hydrogens is 260 g/mol. The van der Waals surface area contributed by atoms with Crippen molar-refractivity contribution < 1.29 is 14.3 Å². The lowest BCUT2D eigenvalue weighted by atomic mass is 10.0. The topological polar surface area (TPSA) is 74.2 Å². The summed E-state index contributed by atoms with van der Waals surface area (Å²) >= 11 is 0. The van der Waals surface area contributed by atoms with Crippen LogP contribution in [0.2, 0.25) is 0 Å². The van der Waals surface area contributed by atoms with E-state index in [1.54, 1.807) is 19.0 Å². The summed E-state index contributed by atoms with van der Waals surface area (Å²) < 4.78 is 4.63. The van der Waals surface area contributed by atoms with Gasteiger partial charge in [-0.3, -0.25) is 4.90 Å². The first-order chi connectivity index (χ1) is 9.29. The Morgan fingerprint density at radius 3 is 2.20 bits per heavy atom. The molecule has 0 radical (unpaired) electrons. The van der Waals surface area contributed by atoms with Gasteiger partial charge in [-0.15, -0.1) is 0 Å². The fourth-order valence-electron chi connectivity index (χ4n) is 2.35. The maximum absolute atomic E-state index is 12.0. The van der Waals surface area contributed by atoms with Crippen LogP contribution in [0.15, 0.2) is 4.99 Å². The first-order valence-electron chi connectivity index (χ1n) is 6.69. The van der Waals surface area contributed by atoms with E-state index in [9.17, 15) is 9.59 Å². The minimum absolute atomic E-state index is 0.193. The lowest BCUT2D eigenvalue weighted by Crippen LogP contribution is -2.46. The van der Waals surface area contributed by atoms with Crippen LogP contribution in [-0.2, 0) is 4.74 Å². The van der Waals surface area contributed by atoms with Gasteiger partial charge in [-0.2, -0.15) is 4.99 Å². The second-order valence-corrected chi connectivity index (χ2v) is 5.53. The van der Waals surface area contributed by atoms with Crippen LogP contribution in [0.4, 0.5) is 9.59 Å². The molecular formula is C13H24N4O3. The highest BCUT2D eigenvalue weighted by atomic mass is 16.5. The highest BCUT2D eigenvalue weighted by Gasteiger charge is 2.30. The molecule has 1 fully saturated rings. The Labute approximate surface area is 120 Å². The number of methoxy groups -OCH3 is 1. The van der Waals surface area contributed by atoms with E-state index in [0.29, 0.717) is 0 Å². The predicted octanol–water partition coefficient (Wildman–Crippen LogP) is 1.64. The van der Waals surface area contributed by atoms with Gasteiger partial charge >= 0.3 is 12.1 Å². The van der Waals surface area contributed by atoms with Crippen molar-refractivity contribution in [2.75, 3.05) is 28.3 Å². The minimum atomic E-state index is -0.572. The van der Waals surface area contributed by atoms with Crippen molar-refractivity contribution in [3.8, 4) is 0 Å². The first kappa shape index (κ1) is 16.3. The van der Waals surface area contributed by atoms with Crippen LogP contribution in [0.25, 0.3) is 0 Å². The Balaban J connectivity index is 2.80. The Hall–Kier alpha value is -1.79. The Bertz CT molecular complexity index is 400. The smallest absolute Gasteiger partial charge is 0.416 e. The number of aliphatic imine (C=N–C) groups is 1. The maximum Gasteiger partial charge on any atom is 0.416 e. The summed E-state index contributed by atoms with van der Waals surface area (Å²) in [4.78, 5) is 30.3. The SMILES string of the molecule is COC(=O)N(C)/C(=N/C(=O)NC1(C)CCCC1)N(C)C. The van der Waals surface area contributed by atoms with Gasteiger partial charge < -0.3 is 15.0 Å². The Morgan fingerprint density at radius 1 is 1.20 bits per heavy atom. The highest BCUT2D eigenvalue weighted by molar-refractivity contribution is 5.99. The number of hydrogen-bond acceptors (Lipinski definition) is 3. The zero-order chi connectivity index (χ0) is 15.3. The second-order valence-electron chi connectivity index (χ2n) is 5.53. The summed E-state index contributed by atoms with van der Waals surface area (Å²) in [6, 6.07) is -0.436. The second kappa shape index (κ2) is 6.58. The number of carbonyl (C=O) groups excluding carboxylic acids is 2.